The molecule has 0 radical (unpaired) electrons. The number of primary amides is 1. The summed E-state index contributed by atoms with van der Waals surface area (Å²) in [5.41, 5.74) is 8.92. The van der Waals surface area contributed by atoms with Gasteiger partial charge in [-0.05, 0) is 42.0 Å². The van der Waals surface area contributed by atoms with E-state index in [4.69, 9.17) is 10.5 Å². The number of nitrogens with two attached hydrogens (primary N) is 1. The molecular formula is C15H16FN3O2. The van der Waals surface area contributed by atoms with Crippen LogP contribution >= 0.6 is 0 Å². The van der Waals surface area contributed by atoms with E-state index in [1.165, 1.54) is 17.1 Å². The van der Waals surface area contributed by atoms with Crippen LogP contribution < -0.4 is 15.9 Å². The lowest BCUT2D eigenvalue weighted by Crippen LogP contribution is -2.42. The number of nitrogens with one attached hydrogen (secondary N) is 1. The molecule has 21 heavy (non-hydrogen) atoms. The van der Waals surface area contributed by atoms with Gasteiger partial charge in [-0.1, -0.05) is 12.1 Å². The molecule has 0 aliphatic rings. The molecule has 0 heterocycles. The fourth-order valence-electron chi connectivity index (χ4n) is 1.60. The lowest BCUT2D eigenvalue weighted by Gasteiger charge is -2.15. The summed E-state index contributed by atoms with van der Waals surface area (Å²) in [4.78, 5) is 10.8. The summed E-state index contributed by atoms with van der Waals surface area (Å²) >= 11 is 0. The number of hydrazine groups is 1. The molecule has 2 rings (SSSR count). The Labute approximate surface area is 122 Å². The maximum Gasteiger partial charge on any atom is 0.328 e. The molecule has 0 saturated heterocycles. The molecule has 0 aliphatic heterocycles. The smallest absolute Gasteiger partial charge is 0.328 e. The number of amides is 2. The summed E-state index contributed by atoms with van der Waals surface area (Å²) in [5.74, 6) is 0.909. The van der Waals surface area contributed by atoms with Crippen LogP contribution in [0.3, 0.4) is 0 Å². The van der Waals surface area contributed by atoms with E-state index in [1.54, 1.807) is 31.3 Å². The first-order valence-electron chi connectivity index (χ1n) is 6.33. The summed E-state index contributed by atoms with van der Waals surface area (Å²) < 4.78 is 18.4. The van der Waals surface area contributed by atoms with Crippen molar-refractivity contribution >= 4 is 6.03 Å². The quantitative estimate of drug-likeness (QED) is 0.831. The average Bonchev–Trinajstić information content (AvgIpc) is 2.48. The Morgan fingerprint density at radius 3 is 2.19 bits per heavy atom. The summed E-state index contributed by atoms with van der Waals surface area (Å²) in [7, 11) is 1.55. The number of rotatable bonds is 5. The molecule has 0 aliphatic carbocycles. The highest BCUT2D eigenvalue weighted by Gasteiger charge is 2.02. The van der Waals surface area contributed by atoms with Gasteiger partial charge in [0, 0.05) is 13.6 Å². The van der Waals surface area contributed by atoms with Crippen molar-refractivity contribution in [1.82, 2.24) is 10.4 Å². The summed E-state index contributed by atoms with van der Waals surface area (Å²) in [6.45, 7) is 0.469. The molecule has 0 bridgehead atoms. The molecule has 0 fully saturated rings. The van der Waals surface area contributed by atoms with Crippen molar-refractivity contribution < 1.29 is 13.9 Å². The van der Waals surface area contributed by atoms with Crippen LogP contribution in [0.5, 0.6) is 11.5 Å². The van der Waals surface area contributed by atoms with Gasteiger partial charge in [-0.25, -0.2) is 14.6 Å². The van der Waals surface area contributed by atoms with Gasteiger partial charge in [0.1, 0.15) is 17.3 Å². The summed E-state index contributed by atoms with van der Waals surface area (Å²) in [6.07, 6.45) is 0. The number of ether oxygens (including phenoxy) is 1. The molecule has 2 aromatic rings. The van der Waals surface area contributed by atoms with Crippen molar-refractivity contribution in [3.8, 4) is 11.5 Å². The minimum Gasteiger partial charge on any atom is -0.457 e. The van der Waals surface area contributed by atoms with E-state index in [2.05, 4.69) is 5.43 Å². The van der Waals surface area contributed by atoms with Gasteiger partial charge in [-0.3, -0.25) is 5.01 Å². The predicted molar refractivity (Wildman–Crippen MR) is 77.1 cm³/mol. The van der Waals surface area contributed by atoms with Crippen LogP contribution in [-0.4, -0.2) is 18.1 Å². The zero-order valence-electron chi connectivity index (χ0n) is 11.5. The van der Waals surface area contributed by atoms with Gasteiger partial charge >= 0.3 is 6.03 Å². The molecule has 3 N–H and O–H groups in total. The zero-order valence-corrected chi connectivity index (χ0v) is 11.5. The standard InChI is InChI=1S/C15H16FN3O2/c1-19(15(17)20)18-10-11-2-6-13(7-3-11)21-14-8-4-12(16)5-9-14/h2-9,18H,10H2,1H3,(H2,17,20). The van der Waals surface area contributed by atoms with Crippen molar-refractivity contribution in [2.24, 2.45) is 5.73 Å². The third-order valence-corrected chi connectivity index (χ3v) is 2.82. The number of urea groups is 1. The van der Waals surface area contributed by atoms with E-state index < -0.39 is 6.03 Å². The van der Waals surface area contributed by atoms with E-state index in [0.29, 0.717) is 18.0 Å². The third-order valence-electron chi connectivity index (χ3n) is 2.82. The first-order chi connectivity index (χ1) is 10.0. The number of benzene rings is 2. The first-order valence-corrected chi connectivity index (χ1v) is 6.33. The maximum atomic E-state index is 12.8. The van der Waals surface area contributed by atoms with Gasteiger partial charge in [0.2, 0.25) is 0 Å². The van der Waals surface area contributed by atoms with E-state index in [1.807, 2.05) is 12.1 Å². The van der Waals surface area contributed by atoms with Crippen molar-refractivity contribution in [1.29, 1.82) is 0 Å². The third kappa shape index (κ3) is 4.47. The molecule has 110 valence electrons. The van der Waals surface area contributed by atoms with Crippen LogP contribution in [0.1, 0.15) is 5.56 Å². The Bertz CT molecular complexity index is 599. The maximum absolute atomic E-state index is 12.8. The second kappa shape index (κ2) is 6.71. The first kappa shape index (κ1) is 14.8. The van der Waals surface area contributed by atoms with Crippen LogP contribution in [-0.2, 0) is 6.54 Å². The number of carbonyl (C=O) groups is 1. The Kier molecular flexibility index (Phi) is 4.73. The van der Waals surface area contributed by atoms with E-state index in [-0.39, 0.29) is 5.82 Å². The van der Waals surface area contributed by atoms with Crippen LogP contribution in [0.2, 0.25) is 0 Å². The predicted octanol–water partition coefficient (Wildman–Crippen LogP) is 2.63. The molecule has 5 nitrogen and oxygen atoms in total. The molecule has 0 spiro atoms. The van der Waals surface area contributed by atoms with Gasteiger partial charge in [0.15, 0.2) is 0 Å². The lowest BCUT2D eigenvalue weighted by atomic mass is 10.2. The highest BCUT2D eigenvalue weighted by molar-refractivity contribution is 5.70. The normalized spacial score (nSPS) is 10.2. The van der Waals surface area contributed by atoms with Gasteiger partial charge < -0.3 is 10.5 Å². The fourth-order valence-corrected chi connectivity index (χ4v) is 1.60. The zero-order chi connectivity index (χ0) is 15.2. The molecule has 0 saturated carbocycles. The molecular weight excluding hydrogens is 273 g/mol. The van der Waals surface area contributed by atoms with E-state index >= 15 is 0 Å². The largest absolute Gasteiger partial charge is 0.457 e. The van der Waals surface area contributed by atoms with Gasteiger partial charge in [-0.2, -0.15) is 0 Å². The fraction of sp³-hybridized carbons (Fsp3) is 0.133. The van der Waals surface area contributed by atoms with Gasteiger partial charge in [0.25, 0.3) is 0 Å². The Hall–Kier alpha value is -2.60. The number of carbonyl (C=O) groups excluding carboxylic acids is 1. The number of hydrogen-bond donors (Lipinski definition) is 2. The topological polar surface area (TPSA) is 67.6 Å². The monoisotopic (exact) mass is 289 g/mol. The molecule has 0 atom stereocenters. The van der Waals surface area contributed by atoms with Gasteiger partial charge in [-0.15, -0.1) is 0 Å². The Morgan fingerprint density at radius 2 is 1.67 bits per heavy atom. The molecule has 0 unspecified atom stereocenters. The number of halogens is 1. The van der Waals surface area contributed by atoms with Crippen molar-refractivity contribution in [3.63, 3.8) is 0 Å². The SMILES string of the molecule is CN(NCc1ccc(Oc2ccc(F)cc2)cc1)C(N)=O. The van der Waals surface area contributed by atoms with Crippen molar-refractivity contribution in [2.75, 3.05) is 7.05 Å². The van der Waals surface area contributed by atoms with Crippen molar-refractivity contribution in [2.45, 2.75) is 6.54 Å². The lowest BCUT2D eigenvalue weighted by molar-refractivity contribution is 0.195. The van der Waals surface area contributed by atoms with Crippen LogP contribution in [0, 0.1) is 5.82 Å². The molecule has 2 aromatic carbocycles. The van der Waals surface area contributed by atoms with Crippen LogP contribution in [0.15, 0.2) is 48.5 Å². The molecule has 0 aromatic heterocycles. The Morgan fingerprint density at radius 1 is 1.14 bits per heavy atom. The van der Waals surface area contributed by atoms with Crippen LogP contribution in [0.25, 0.3) is 0 Å². The summed E-state index contributed by atoms with van der Waals surface area (Å²) in [6, 6.07) is 12.6. The Balaban J connectivity index is 1.92. The second-order valence-corrected chi connectivity index (χ2v) is 4.43. The van der Waals surface area contributed by atoms with E-state index in [9.17, 15) is 9.18 Å². The highest BCUT2D eigenvalue weighted by Crippen LogP contribution is 2.21. The minimum absolute atomic E-state index is 0.303. The number of hydrogen-bond acceptors (Lipinski definition) is 3. The minimum atomic E-state index is -0.550. The second-order valence-electron chi connectivity index (χ2n) is 4.43. The van der Waals surface area contributed by atoms with Gasteiger partial charge in [0.05, 0.1) is 0 Å². The summed E-state index contributed by atoms with van der Waals surface area (Å²) in [5, 5.41) is 1.21. The molecule has 6 heteroatoms. The highest BCUT2D eigenvalue weighted by atomic mass is 19.1. The molecule has 2 amide bonds. The van der Waals surface area contributed by atoms with Crippen LogP contribution in [0.4, 0.5) is 9.18 Å². The average molecular weight is 289 g/mol. The number of nitrogens with zero attached hydrogens (tertiary/aromatic N) is 1. The van der Waals surface area contributed by atoms with E-state index in [0.717, 1.165) is 5.56 Å². The van der Waals surface area contributed by atoms with Crippen molar-refractivity contribution in [3.05, 3.63) is 59.9 Å².